The van der Waals surface area contributed by atoms with Crippen molar-refractivity contribution in [2.45, 2.75) is 66.2 Å². The molecule has 0 saturated heterocycles. The summed E-state index contributed by atoms with van der Waals surface area (Å²) in [4.78, 5) is 0. The number of rotatable bonds is 9. The molecule has 0 bridgehead atoms. The first-order chi connectivity index (χ1) is 7.45. The smallest absolute Gasteiger partial charge is 0.00650 e. The third kappa shape index (κ3) is 12.4. The van der Waals surface area contributed by atoms with E-state index in [-0.39, 0.29) is 0 Å². The summed E-state index contributed by atoms with van der Waals surface area (Å²) in [5, 5.41) is 0. The first-order valence-corrected chi connectivity index (χ1v) is 7.98. The second-order valence-corrected chi connectivity index (χ2v) is 7.41. The van der Waals surface area contributed by atoms with E-state index < -0.39 is 0 Å². The molecule has 0 aliphatic carbocycles. The minimum atomic E-state index is 0.498. The van der Waals surface area contributed by atoms with Crippen LogP contribution < -0.4 is 0 Å². The van der Waals surface area contributed by atoms with Crippen LogP contribution in [0.15, 0.2) is 0 Å². The predicted octanol–water partition coefficient (Wildman–Crippen LogP) is 5.58. The second kappa shape index (κ2) is 9.39. The van der Waals surface area contributed by atoms with E-state index in [0.717, 1.165) is 12.3 Å². The number of unbranched alkanes of at least 4 members (excludes halogenated alkanes) is 3. The zero-order chi connectivity index (χ0) is 12.4. The lowest BCUT2D eigenvalue weighted by molar-refractivity contribution is 0.303. The highest BCUT2D eigenvalue weighted by Gasteiger charge is 2.14. The Balaban J connectivity index is 3.25. The van der Waals surface area contributed by atoms with Crippen LogP contribution in [0.3, 0.4) is 0 Å². The SMILES string of the molecule is [CH2]CCCCCSCCC(C)CC(C)(C)C. The fourth-order valence-corrected chi connectivity index (χ4v) is 3.27. The van der Waals surface area contributed by atoms with E-state index >= 15 is 0 Å². The van der Waals surface area contributed by atoms with Gasteiger partial charge in [0.25, 0.3) is 0 Å². The van der Waals surface area contributed by atoms with Crippen molar-refractivity contribution in [2.24, 2.45) is 11.3 Å². The Bertz CT molecular complexity index is 146. The fourth-order valence-electron chi connectivity index (χ4n) is 2.09. The molecule has 1 unspecified atom stereocenters. The number of thioether (sulfide) groups is 1. The third-order valence-corrected chi connectivity index (χ3v) is 3.86. The Morgan fingerprint density at radius 3 is 2.31 bits per heavy atom. The molecule has 0 fully saturated rings. The average molecular weight is 243 g/mol. The van der Waals surface area contributed by atoms with Crippen LogP contribution in [0, 0.1) is 18.3 Å². The Kier molecular flexibility index (Phi) is 9.59. The van der Waals surface area contributed by atoms with Crippen molar-refractivity contribution in [3.8, 4) is 0 Å². The number of hydrogen-bond acceptors (Lipinski definition) is 1. The predicted molar refractivity (Wildman–Crippen MR) is 79.0 cm³/mol. The van der Waals surface area contributed by atoms with Gasteiger partial charge in [-0.15, -0.1) is 0 Å². The Hall–Kier alpha value is 0.350. The first kappa shape index (κ1) is 16.4. The molecule has 97 valence electrons. The number of hydrogen-bond donors (Lipinski definition) is 0. The molecule has 0 saturated carbocycles. The van der Waals surface area contributed by atoms with Crippen molar-refractivity contribution < 1.29 is 0 Å². The van der Waals surface area contributed by atoms with Crippen LogP contribution in [0.4, 0.5) is 0 Å². The van der Waals surface area contributed by atoms with Crippen LogP contribution in [-0.4, -0.2) is 11.5 Å². The lowest BCUT2D eigenvalue weighted by Crippen LogP contribution is -2.11. The van der Waals surface area contributed by atoms with Crippen molar-refractivity contribution in [1.29, 1.82) is 0 Å². The molecule has 0 aromatic heterocycles. The van der Waals surface area contributed by atoms with Gasteiger partial charge in [0.1, 0.15) is 0 Å². The van der Waals surface area contributed by atoms with Crippen LogP contribution in [0.1, 0.15) is 66.2 Å². The standard InChI is InChI=1S/C15H31S/c1-6-7-8-9-11-16-12-10-14(2)13-15(3,4)5/h14H,1,6-13H2,2-5H3. The highest BCUT2D eigenvalue weighted by molar-refractivity contribution is 7.99. The molecule has 1 heteroatoms. The molecule has 0 rings (SSSR count). The Morgan fingerprint density at radius 1 is 1.06 bits per heavy atom. The molecule has 1 atom stereocenters. The van der Waals surface area contributed by atoms with Gasteiger partial charge in [-0.05, 0) is 42.1 Å². The van der Waals surface area contributed by atoms with Gasteiger partial charge in [0.05, 0.1) is 0 Å². The molecule has 1 radical (unpaired) electrons. The molecule has 0 nitrogen and oxygen atoms in total. The van der Waals surface area contributed by atoms with Gasteiger partial charge in [0, 0.05) is 0 Å². The first-order valence-electron chi connectivity index (χ1n) is 6.82. The zero-order valence-electron chi connectivity index (χ0n) is 11.8. The molecule has 0 aromatic rings. The largest absolute Gasteiger partial charge is 0.162 e. The van der Waals surface area contributed by atoms with Gasteiger partial charge < -0.3 is 0 Å². The van der Waals surface area contributed by atoms with Gasteiger partial charge in [-0.25, -0.2) is 0 Å². The minimum Gasteiger partial charge on any atom is -0.162 e. The molecule has 0 N–H and O–H groups in total. The van der Waals surface area contributed by atoms with Gasteiger partial charge in [-0.3, -0.25) is 0 Å². The van der Waals surface area contributed by atoms with E-state index in [1.54, 1.807) is 0 Å². The van der Waals surface area contributed by atoms with E-state index in [2.05, 4.69) is 46.4 Å². The minimum absolute atomic E-state index is 0.498. The summed E-state index contributed by atoms with van der Waals surface area (Å²) in [5.74, 6) is 3.58. The van der Waals surface area contributed by atoms with Crippen molar-refractivity contribution in [2.75, 3.05) is 11.5 Å². The summed E-state index contributed by atoms with van der Waals surface area (Å²) in [7, 11) is 0. The molecule has 0 aliphatic rings. The third-order valence-electron chi connectivity index (χ3n) is 2.75. The van der Waals surface area contributed by atoms with E-state index in [0.29, 0.717) is 5.41 Å². The normalized spacial score (nSPS) is 14.1. The van der Waals surface area contributed by atoms with Crippen molar-refractivity contribution >= 4 is 11.8 Å². The highest BCUT2D eigenvalue weighted by Crippen LogP contribution is 2.26. The topological polar surface area (TPSA) is 0 Å². The molecule has 0 spiro atoms. The van der Waals surface area contributed by atoms with Crippen LogP contribution in [0.2, 0.25) is 0 Å². The monoisotopic (exact) mass is 243 g/mol. The summed E-state index contributed by atoms with van der Waals surface area (Å²) in [5.41, 5.74) is 0.498. The molecule has 0 amide bonds. The van der Waals surface area contributed by atoms with E-state index in [1.165, 1.54) is 43.6 Å². The lowest BCUT2D eigenvalue weighted by atomic mass is 9.84. The maximum absolute atomic E-state index is 3.87. The summed E-state index contributed by atoms with van der Waals surface area (Å²) in [6.45, 7) is 13.3. The van der Waals surface area contributed by atoms with E-state index in [1.807, 2.05) is 0 Å². The molecule has 0 aromatic carbocycles. The van der Waals surface area contributed by atoms with Gasteiger partial charge in [0.15, 0.2) is 0 Å². The van der Waals surface area contributed by atoms with Crippen molar-refractivity contribution in [3.05, 3.63) is 6.92 Å². The average Bonchev–Trinajstić information content (AvgIpc) is 2.13. The van der Waals surface area contributed by atoms with Gasteiger partial charge in [0.2, 0.25) is 0 Å². The van der Waals surface area contributed by atoms with E-state index in [9.17, 15) is 0 Å². The summed E-state index contributed by atoms with van der Waals surface area (Å²) >= 11 is 2.14. The molecule has 16 heavy (non-hydrogen) atoms. The summed E-state index contributed by atoms with van der Waals surface area (Å²) < 4.78 is 0. The second-order valence-electron chi connectivity index (χ2n) is 6.19. The van der Waals surface area contributed by atoms with Gasteiger partial charge in [-0.1, -0.05) is 53.9 Å². The lowest BCUT2D eigenvalue weighted by Gasteiger charge is -2.23. The highest BCUT2D eigenvalue weighted by atomic mass is 32.2. The Morgan fingerprint density at radius 2 is 1.75 bits per heavy atom. The van der Waals surface area contributed by atoms with Crippen molar-refractivity contribution in [1.82, 2.24) is 0 Å². The quantitative estimate of drug-likeness (QED) is 0.477. The zero-order valence-corrected chi connectivity index (χ0v) is 12.7. The molecule has 0 heterocycles. The maximum Gasteiger partial charge on any atom is -0.00650 e. The molecular weight excluding hydrogens is 212 g/mol. The van der Waals surface area contributed by atoms with E-state index in [4.69, 9.17) is 0 Å². The Labute approximate surface area is 108 Å². The van der Waals surface area contributed by atoms with Crippen LogP contribution in [0.5, 0.6) is 0 Å². The van der Waals surface area contributed by atoms with Gasteiger partial charge in [-0.2, -0.15) is 11.8 Å². The van der Waals surface area contributed by atoms with Crippen LogP contribution >= 0.6 is 11.8 Å². The maximum atomic E-state index is 3.87. The van der Waals surface area contributed by atoms with Crippen LogP contribution in [0.25, 0.3) is 0 Å². The molecular formula is C15H31S. The summed E-state index contributed by atoms with van der Waals surface area (Å²) in [6, 6.07) is 0. The molecule has 0 aliphatic heterocycles. The van der Waals surface area contributed by atoms with Crippen molar-refractivity contribution in [3.63, 3.8) is 0 Å². The van der Waals surface area contributed by atoms with Gasteiger partial charge >= 0.3 is 0 Å². The summed E-state index contributed by atoms with van der Waals surface area (Å²) in [6.07, 6.45) is 7.91. The van der Waals surface area contributed by atoms with Crippen LogP contribution in [-0.2, 0) is 0 Å². The fraction of sp³-hybridized carbons (Fsp3) is 0.933.